The maximum Gasteiger partial charge on any atom is 0.252 e. The summed E-state index contributed by atoms with van der Waals surface area (Å²) in [5.41, 5.74) is 2.69. The van der Waals surface area contributed by atoms with Crippen LogP contribution < -0.4 is 4.90 Å². The Bertz CT molecular complexity index is 941. The van der Waals surface area contributed by atoms with Gasteiger partial charge in [0.25, 0.3) is 5.95 Å². The molecule has 0 N–H and O–H groups in total. The Labute approximate surface area is 181 Å². The summed E-state index contributed by atoms with van der Waals surface area (Å²) in [4.78, 5) is 25.2. The molecule has 31 heavy (non-hydrogen) atoms. The van der Waals surface area contributed by atoms with Gasteiger partial charge in [-0.3, -0.25) is 4.79 Å². The van der Waals surface area contributed by atoms with Crippen LogP contribution in [0.4, 0.5) is 14.6 Å². The fourth-order valence-electron chi connectivity index (χ4n) is 4.51. The van der Waals surface area contributed by atoms with Crippen LogP contribution in [0.25, 0.3) is 5.95 Å². The van der Waals surface area contributed by atoms with Crippen molar-refractivity contribution in [2.45, 2.75) is 58.8 Å². The number of hydrogen-bond acceptors (Lipinski definition) is 5. The number of amides is 1. The third-order valence-corrected chi connectivity index (χ3v) is 6.34. The number of carbonyl (C=O) groups is 1. The molecule has 2 aromatic rings. The normalized spacial score (nSPS) is 19.6. The molecule has 1 saturated heterocycles. The van der Waals surface area contributed by atoms with Crippen molar-refractivity contribution in [1.82, 2.24) is 24.6 Å². The lowest BCUT2D eigenvalue weighted by atomic mass is 9.84. The number of alkyl halides is 2. The quantitative estimate of drug-likeness (QED) is 0.742. The van der Waals surface area contributed by atoms with Crippen molar-refractivity contribution in [1.29, 1.82) is 0 Å². The van der Waals surface area contributed by atoms with Gasteiger partial charge in [-0.2, -0.15) is 10.1 Å². The Morgan fingerprint density at radius 2 is 1.77 bits per heavy atom. The van der Waals surface area contributed by atoms with Gasteiger partial charge in [0.15, 0.2) is 0 Å². The third kappa shape index (κ3) is 5.02. The van der Waals surface area contributed by atoms with E-state index in [2.05, 4.69) is 10.00 Å². The average molecular weight is 433 g/mol. The molecular formula is C22H30F2N6O. The molecule has 2 fully saturated rings. The second-order valence-electron chi connectivity index (χ2n) is 8.85. The molecule has 1 saturated carbocycles. The van der Waals surface area contributed by atoms with Gasteiger partial charge in [0.05, 0.1) is 5.69 Å². The van der Waals surface area contributed by atoms with E-state index in [-0.39, 0.29) is 24.7 Å². The Hall–Kier alpha value is -2.58. The predicted molar refractivity (Wildman–Crippen MR) is 114 cm³/mol. The number of aryl methyl sites for hydroxylation is 2. The SMILES string of the molecule is CC(=O)N1CCN(c2cc(CC3CCC(F)(F)CC3)nc(-n3nc(C)cc3C)n2)CC1. The second kappa shape index (κ2) is 8.51. The first-order chi connectivity index (χ1) is 14.7. The molecule has 9 heteroatoms. The number of piperazine rings is 1. The molecule has 3 heterocycles. The molecular weight excluding hydrogens is 402 g/mol. The van der Waals surface area contributed by atoms with Gasteiger partial charge in [0.1, 0.15) is 5.82 Å². The number of nitrogens with zero attached hydrogens (tertiary/aromatic N) is 6. The Kier molecular flexibility index (Phi) is 5.94. The predicted octanol–water partition coefficient (Wildman–Crippen LogP) is 3.32. The third-order valence-electron chi connectivity index (χ3n) is 6.34. The largest absolute Gasteiger partial charge is 0.353 e. The fourth-order valence-corrected chi connectivity index (χ4v) is 4.51. The zero-order valence-corrected chi connectivity index (χ0v) is 18.4. The van der Waals surface area contributed by atoms with Crippen molar-refractivity contribution >= 4 is 11.7 Å². The molecule has 1 aliphatic carbocycles. The summed E-state index contributed by atoms with van der Waals surface area (Å²) in [5, 5.41) is 4.53. The van der Waals surface area contributed by atoms with Gasteiger partial charge in [0.2, 0.25) is 11.8 Å². The van der Waals surface area contributed by atoms with Crippen LogP contribution in [-0.2, 0) is 11.2 Å². The number of anilines is 1. The minimum atomic E-state index is -2.53. The van der Waals surface area contributed by atoms with E-state index in [9.17, 15) is 13.6 Å². The molecule has 1 amide bonds. The summed E-state index contributed by atoms with van der Waals surface area (Å²) in [6.07, 6.45) is 1.59. The highest BCUT2D eigenvalue weighted by Gasteiger charge is 2.35. The van der Waals surface area contributed by atoms with Gasteiger partial charge in [-0.1, -0.05) is 0 Å². The summed E-state index contributed by atoms with van der Waals surface area (Å²) in [5.74, 6) is -0.936. The summed E-state index contributed by atoms with van der Waals surface area (Å²) in [7, 11) is 0. The number of aromatic nitrogens is 4. The summed E-state index contributed by atoms with van der Waals surface area (Å²) in [6, 6.07) is 3.95. The molecule has 4 rings (SSSR count). The first-order valence-corrected chi connectivity index (χ1v) is 11.0. The van der Waals surface area contributed by atoms with Crippen LogP contribution >= 0.6 is 0 Å². The fraction of sp³-hybridized carbons (Fsp3) is 0.636. The Morgan fingerprint density at radius 3 is 2.35 bits per heavy atom. The highest BCUT2D eigenvalue weighted by Crippen LogP contribution is 2.37. The van der Waals surface area contributed by atoms with E-state index in [1.807, 2.05) is 30.9 Å². The van der Waals surface area contributed by atoms with Crippen LogP contribution in [0, 0.1) is 19.8 Å². The smallest absolute Gasteiger partial charge is 0.252 e. The van der Waals surface area contributed by atoms with Crippen molar-refractivity contribution < 1.29 is 13.6 Å². The van der Waals surface area contributed by atoms with Gasteiger partial charge in [-0.25, -0.2) is 18.4 Å². The molecule has 0 aromatic carbocycles. The van der Waals surface area contributed by atoms with Crippen LogP contribution in [0.5, 0.6) is 0 Å². The molecule has 0 bridgehead atoms. The Morgan fingerprint density at radius 1 is 1.10 bits per heavy atom. The minimum Gasteiger partial charge on any atom is -0.353 e. The van der Waals surface area contributed by atoms with Crippen LogP contribution in [0.15, 0.2) is 12.1 Å². The van der Waals surface area contributed by atoms with Gasteiger partial charge in [-0.05, 0) is 45.1 Å². The van der Waals surface area contributed by atoms with Crippen molar-refractivity contribution in [2.24, 2.45) is 5.92 Å². The number of rotatable bonds is 4. The number of hydrogen-bond donors (Lipinski definition) is 0. The van der Waals surface area contributed by atoms with Crippen LogP contribution in [0.3, 0.4) is 0 Å². The summed E-state index contributed by atoms with van der Waals surface area (Å²) in [6.45, 7) is 8.18. The highest BCUT2D eigenvalue weighted by atomic mass is 19.3. The zero-order chi connectivity index (χ0) is 22.2. The maximum atomic E-state index is 13.6. The van der Waals surface area contributed by atoms with E-state index in [4.69, 9.17) is 9.97 Å². The average Bonchev–Trinajstić information content (AvgIpc) is 3.07. The second-order valence-corrected chi connectivity index (χ2v) is 8.85. The molecule has 2 aliphatic rings. The van der Waals surface area contributed by atoms with E-state index in [0.29, 0.717) is 51.4 Å². The van der Waals surface area contributed by atoms with Crippen molar-refractivity contribution in [2.75, 3.05) is 31.1 Å². The standard InChI is InChI=1S/C22H30F2N6O/c1-15-12-16(2)30(27-15)21-25-19(13-18-4-6-22(23,24)7-5-18)14-20(26-21)29-10-8-28(9-11-29)17(3)31/h12,14,18H,4-11,13H2,1-3H3. The molecule has 1 aliphatic heterocycles. The summed E-state index contributed by atoms with van der Waals surface area (Å²) < 4.78 is 28.9. The number of halogens is 2. The topological polar surface area (TPSA) is 67.2 Å². The Balaban J connectivity index is 1.60. The molecule has 0 atom stereocenters. The van der Waals surface area contributed by atoms with E-state index in [0.717, 1.165) is 22.9 Å². The molecule has 2 aromatic heterocycles. The summed E-state index contributed by atoms with van der Waals surface area (Å²) >= 11 is 0. The van der Waals surface area contributed by atoms with Crippen molar-refractivity contribution in [3.63, 3.8) is 0 Å². The lowest BCUT2D eigenvalue weighted by molar-refractivity contribution is -0.129. The van der Waals surface area contributed by atoms with Gasteiger partial charge < -0.3 is 9.80 Å². The molecule has 7 nitrogen and oxygen atoms in total. The molecule has 0 unspecified atom stereocenters. The lowest BCUT2D eigenvalue weighted by Crippen LogP contribution is -2.48. The lowest BCUT2D eigenvalue weighted by Gasteiger charge is -2.35. The van der Waals surface area contributed by atoms with E-state index >= 15 is 0 Å². The van der Waals surface area contributed by atoms with Crippen molar-refractivity contribution in [3.8, 4) is 5.95 Å². The molecule has 0 spiro atoms. The van der Waals surface area contributed by atoms with Gasteiger partial charge in [0, 0.05) is 63.4 Å². The monoisotopic (exact) mass is 432 g/mol. The minimum absolute atomic E-state index is 0.0487. The van der Waals surface area contributed by atoms with Crippen LogP contribution in [0.1, 0.15) is 49.7 Å². The van der Waals surface area contributed by atoms with Crippen LogP contribution in [-0.4, -0.2) is 62.7 Å². The van der Waals surface area contributed by atoms with E-state index in [1.54, 1.807) is 11.6 Å². The van der Waals surface area contributed by atoms with E-state index < -0.39 is 5.92 Å². The van der Waals surface area contributed by atoms with Gasteiger partial charge >= 0.3 is 0 Å². The maximum absolute atomic E-state index is 13.6. The van der Waals surface area contributed by atoms with Crippen LogP contribution in [0.2, 0.25) is 0 Å². The zero-order valence-electron chi connectivity index (χ0n) is 18.4. The van der Waals surface area contributed by atoms with E-state index in [1.165, 1.54) is 0 Å². The first kappa shape index (κ1) is 21.6. The first-order valence-electron chi connectivity index (χ1n) is 11.0. The molecule has 168 valence electrons. The number of carbonyl (C=O) groups excluding carboxylic acids is 1. The highest BCUT2D eigenvalue weighted by molar-refractivity contribution is 5.73. The van der Waals surface area contributed by atoms with Gasteiger partial charge in [-0.15, -0.1) is 0 Å². The van der Waals surface area contributed by atoms with Crippen molar-refractivity contribution in [3.05, 3.63) is 29.2 Å². The molecule has 0 radical (unpaired) electrons.